The molecule has 0 aliphatic heterocycles. The van der Waals surface area contributed by atoms with Crippen LogP contribution in [0, 0.1) is 6.92 Å². The summed E-state index contributed by atoms with van der Waals surface area (Å²) in [5.74, 6) is 0.0120. The predicted octanol–water partition coefficient (Wildman–Crippen LogP) is 3.25. The zero-order valence-corrected chi connectivity index (χ0v) is 13.0. The standard InChI is InChI=1S/C14H20BrNO2/c1-10(2)18-8-7-16(4)14(17)12-9-11(3)5-6-13(12)15/h5-6,9-10H,7-8H2,1-4H3. The molecule has 0 radical (unpaired) electrons. The first-order valence-electron chi connectivity index (χ1n) is 6.05. The molecule has 0 fully saturated rings. The maximum Gasteiger partial charge on any atom is 0.254 e. The lowest BCUT2D eigenvalue weighted by atomic mass is 10.1. The largest absolute Gasteiger partial charge is 0.377 e. The van der Waals surface area contributed by atoms with Gasteiger partial charge >= 0.3 is 0 Å². The molecule has 0 bridgehead atoms. The highest BCUT2D eigenvalue weighted by molar-refractivity contribution is 9.10. The van der Waals surface area contributed by atoms with Crippen molar-refractivity contribution in [3.63, 3.8) is 0 Å². The summed E-state index contributed by atoms with van der Waals surface area (Å²) in [6.07, 6.45) is 0.194. The molecule has 0 saturated heterocycles. The third-order valence-corrected chi connectivity index (χ3v) is 3.27. The fourth-order valence-corrected chi connectivity index (χ4v) is 1.95. The van der Waals surface area contributed by atoms with E-state index < -0.39 is 0 Å². The van der Waals surface area contributed by atoms with Crippen LogP contribution in [0.4, 0.5) is 0 Å². The zero-order chi connectivity index (χ0) is 13.7. The van der Waals surface area contributed by atoms with Gasteiger partial charge in [0.2, 0.25) is 0 Å². The van der Waals surface area contributed by atoms with E-state index in [1.54, 1.807) is 11.9 Å². The van der Waals surface area contributed by atoms with Crippen molar-refractivity contribution in [2.75, 3.05) is 20.2 Å². The summed E-state index contributed by atoms with van der Waals surface area (Å²) in [5, 5.41) is 0. The van der Waals surface area contributed by atoms with Gasteiger partial charge in [0.1, 0.15) is 0 Å². The van der Waals surface area contributed by atoms with Gasteiger partial charge in [-0.25, -0.2) is 0 Å². The number of likely N-dealkylation sites (N-methyl/N-ethyl adjacent to an activating group) is 1. The number of halogens is 1. The Morgan fingerprint density at radius 2 is 2.11 bits per heavy atom. The number of hydrogen-bond donors (Lipinski definition) is 0. The molecule has 0 saturated carbocycles. The van der Waals surface area contributed by atoms with Gasteiger partial charge in [0.05, 0.1) is 18.3 Å². The first kappa shape index (κ1) is 15.2. The lowest BCUT2D eigenvalue weighted by Gasteiger charge is -2.19. The van der Waals surface area contributed by atoms with Crippen LogP contribution in [-0.2, 0) is 4.74 Å². The fraction of sp³-hybridized carbons (Fsp3) is 0.500. The van der Waals surface area contributed by atoms with Crippen molar-refractivity contribution >= 4 is 21.8 Å². The molecule has 0 spiro atoms. The highest BCUT2D eigenvalue weighted by Gasteiger charge is 2.14. The maximum atomic E-state index is 12.2. The van der Waals surface area contributed by atoms with Crippen LogP contribution >= 0.6 is 15.9 Å². The second-order valence-electron chi connectivity index (χ2n) is 4.63. The average molecular weight is 314 g/mol. The van der Waals surface area contributed by atoms with Crippen LogP contribution in [0.3, 0.4) is 0 Å². The number of carbonyl (C=O) groups is 1. The Bertz CT molecular complexity index is 418. The molecule has 1 amide bonds. The van der Waals surface area contributed by atoms with Gasteiger partial charge in [0, 0.05) is 18.1 Å². The van der Waals surface area contributed by atoms with Gasteiger partial charge in [-0.15, -0.1) is 0 Å². The summed E-state index contributed by atoms with van der Waals surface area (Å²) in [5.41, 5.74) is 1.77. The minimum Gasteiger partial charge on any atom is -0.377 e. The Kier molecular flexibility index (Phi) is 5.82. The van der Waals surface area contributed by atoms with Gasteiger partial charge in [-0.3, -0.25) is 4.79 Å². The molecule has 1 rings (SSSR count). The van der Waals surface area contributed by atoms with Crippen molar-refractivity contribution in [3.05, 3.63) is 33.8 Å². The van der Waals surface area contributed by atoms with Crippen molar-refractivity contribution in [1.82, 2.24) is 4.90 Å². The number of ether oxygens (including phenoxy) is 1. The molecule has 1 aromatic carbocycles. The van der Waals surface area contributed by atoms with Crippen molar-refractivity contribution < 1.29 is 9.53 Å². The van der Waals surface area contributed by atoms with E-state index in [-0.39, 0.29) is 12.0 Å². The fourth-order valence-electron chi connectivity index (χ4n) is 1.54. The molecule has 0 unspecified atom stereocenters. The van der Waals surface area contributed by atoms with Crippen molar-refractivity contribution in [1.29, 1.82) is 0 Å². The molecule has 0 N–H and O–H groups in total. The first-order chi connectivity index (χ1) is 8.41. The van der Waals surface area contributed by atoms with E-state index in [4.69, 9.17) is 4.74 Å². The summed E-state index contributed by atoms with van der Waals surface area (Å²) >= 11 is 3.41. The Morgan fingerprint density at radius 3 is 2.72 bits per heavy atom. The summed E-state index contributed by atoms with van der Waals surface area (Å²) < 4.78 is 6.28. The molecule has 4 heteroatoms. The van der Waals surface area contributed by atoms with E-state index in [2.05, 4.69) is 15.9 Å². The van der Waals surface area contributed by atoms with Crippen LogP contribution in [0.5, 0.6) is 0 Å². The highest BCUT2D eigenvalue weighted by atomic mass is 79.9. The lowest BCUT2D eigenvalue weighted by molar-refractivity contribution is 0.0531. The monoisotopic (exact) mass is 313 g/mol. The molecule has 100 valence electrons. The summed E-state index contributed by atoms with van der Waals surface area (Å²) in [4.78, 5) is 13.9. The number of hydrogen-bond acceptors (Lipinski definition) is 2. The highest BCUT2D eigenvalue weighted by Crippen LogP contribution is 2.19. The van der Waals surface area contributed by atoms with Crippen LogP contribution < -0.4 is 0 Å². The molecule has 0 aromatic heterocycles. The van der Waals surface area contributed by atoms with Gasteiger partial charge in [-0.1, -0.05) is 11.6 Å². The van der Waals surface area contributed by atoms with Crippen molar-refractivity contribution in [2.45, 2.75) is 26.9 Å². The molecule has 18 heavy (non-hydrogen) atoms. The molecule has 3 nitrogen and oxygen atoms in total. The normalized spacial score (nSPS) is 10.8. The number of aryl methyl sites for hydroxylation is 1. The molecule has 1 aromatic rings. The van der Waals surface area contributed by atoms with E-state index >= 15 is 0 Å². The van der Waals surface area contributed by atoms with Crippen molar-refractivity contribution in [2.24, 2.45) is 0 Å². The Balaban J connectivity index is 2.65. The first-order valence-corrected chi connectivity index (χ1v) is 6.84. The Hall–Kier alpha value is -0.870. The van der Waals surface area contributed by atoms with Crippen molar-refractivity contribution in [3.8, 4) is 0 Å². The van der Waals surface area contributed by atoms with Gasteiger partial charge in [0.15, 0.2) is 0 Å². The minimum atomic E-state index is 0.0120. The topological polar surface area (TPSA) is 29.5 Å². The van der Waals surface area contributed by atoms with Crippen LogP contribution in [0.1, 0.15) is 29.8 Å². The summed E-state index contributed by atoms with van der Waals surface area (Å²) in [6, 6.07) is 5.77. The van der Waals surface area contributed by atoms with Gasteiger partial charge in [-0.05, 0) is 48.8 Å². The molecule has 0 aliphatic carbocycles. The number of rotatable bonds is 5. The number of carbonyl (C=O) groups excluding carboxylic acids is 1. The summed E-state index contributed by atoms with van der Waals surface area (Å²) in [7, 11) is 1.79. The third kappa shape index (κ3) is 4.42. The smallest absolute Gasteiger partial charge is 0.254 e. The van der Waals surface area contributed by atoms with E-state index in [0.29, 0.717) is 18.7 Å². The average Bonchev–Trinajstić information content (AvgIpc) is 2.30. The number of benzene rings is 1. The van der Waals surface area contributed by atoms with E-state index in [1.807, 2.05) is 39.0 Å². The van der Waals surface area contributed by atoms with Crippen LogP contribution in [0.2, 0.25) is 0 Å². The maximum absolute atomic E-state index is 12.2. The molecular weight excluding hydrogens is 294 g/mol. The quantitative estimate of drug-likeness (QED) is 0.835. The van der Waals surface area contributed by atoms with E-state index in [1.165, 1.54) is 0 Å². The minimum absolute atomic E-state index is 0.0120. The SMILES string of the molecule is Cc1ccc(Br)c(C(=O)N(C)CCOC(C)C)c1. The Morgan fingerprint density at radius 1 is 1.44 bits per heavy atom. The predicted molar refractivity (Wildman–Crippen MR) is 76.9 cm³/mol. The van der Waals surface area contributed by atoms with E-state index in [0.717, 1.165) is 10.0 Å². The number of amides is 1. The van der Waals surface area contributed by atoms with Crippen LogP contribution in [0.25, 0.3) is 0 Å². The second kappa shape index (κ2) is 6.90. The van der Waals surface area contributed by atoms with Crippen LogP contribution in [0.15, 0.2) is 22.7 Å². The number of nitrogens with zero attached hydrogens (tertiary/aromatic N) is 1. The summed E-state index contributed by atoms with van der Waals surface area (Å²) in [6.45, 7) is 7.10. The van der Waals surface area contributed by atoms with Gasteiger partial charge < -0.3 is 9.64 Å². The van der Waals surface area contributed by atoms with E-state index in [9.17, 15) is 4.79 Å². The van der Waals surface area contributed by atoms with Gasteiger partial charge in [-0.2, -0.15) is 0 Å². The zero-order valence-electron chi connectivity index (χ0n) is 11.4. The molecule has 0 atom stereocenters. The van der Waals surface area contributed by atoms with Gasteiger partial charge in [0.25, 0.3) is 5.91 Å². The third-order valence-electron chi connectivity index (χ3n) is 2.58. The Labute approximate surface area is 117 Å². The molecule has 0 heterocycles. The molecular formula is C14H20BrNO2. The van der Waals surface area contributed by atoms with Crippen LogP contribution in [-0.4, -0.2) is 37.1 Å². The lowest BCUT2D eigenvalue weighted by Crippen LogP contribution is -2.31. The molecule has 0 aliphatic rings. The second-order valence-corrected chi connectivity index (χ2v) is 5.48.